The fraction of sp³-hybridized carbons (Fsp3) is 0.154. The van der Waals surface area contributed by atoms with Crippen LogP contribution in [0.4, 0.5) is 19.5 Å². The Balaban J connectivity index is 2.16. The maximum absolute atomic E-state index is 12.4. The van der Waals surface area contributed by atoms with E-state index < -0.39 is 39.5 Å². The number of carbonyl (C=O) groups excluding carboxylic acids is 1. The molecule has 0 bridgehead atoms. The third-order valence-corrected chi connectivity index (χ3v) is 4.67. The summed E-state index contributed by atoms with van der Waals surface area (Å²) in [6.45, 7) is -3.16. The molecule has 0 aliphatic carbocycles. The van der Waals surface area contributed by atoms with Crippen LogP contribution in [0.15, 0.2) is 39.9 Å². The summed E-state index contributed by atoms with van der Waals surface area (Å²) in [5, 5.41) is 5.26. The molecule has 0 saturated heterocycles. The van der Waals surface area contributed by atoms with Gasteiger partial charge in [-0.3, -0.25) is 5.32 Å². The summed E-state index contributed by atoms with van der Waals surface area (Å²) in [6, 6.07) is 3.43. The molecule has 2 amide bonds. The zero-order chi connectivity index (χ0) is 20.9. The molecule has 0 fully saturated rings. The average Bonchev–Trinajstić information content (AvgIpc) is 2.92. The van der Waals surface area contributed by atoms with Gasteiger partial charge in [0.2, 0.25) is 5.22 Å². The number of ether oxygens (including phenoxy) is 2. The zero-order valence-corrected chi connectivity index (χ0v) is 16.1. The third kappa shape index (κ3) is 5.68. The molecule has 28 heavy (non-hydrogen) atoms. The molecule has 0 aliphatic heterocycles. The van der Waals surface area contributed by atoms with Gasteiger partial charge >= 0.3 is 18.7 Å². The SMILES string of the molecule is Cn1nc(NC(=O)NS(=O)(=O)c2ccccc2O/C(Cl)=C/Cl)nc1OC(F)F. The second kappa shape index (κ2) is 9.03. The van der Waals surface area contributed by atoms with E-state index in [9.17, 15) is 22.0 Å². The number of urea groups is 1. The topological polar surface area (TPSA) is 124 Å². The summed E-state index contributed by atoms with van der Waals surface area (Å²) < 4.78 is 60.9. The Morgan fingerprint density at radius 1 is 1.36 bits per heavy atom. The number of aryl methyl sites for hydroxylation is 1. The lowest BCUT2D eigenvalue weighted by atomic mass is 10.3. The van der Waals surface area contributed by atoms with Gasteiger partial charge in [0.15, 0.2) is 0 Å². The Bertz CT molecular complexity index is 999. The second-order valence-electron chi connectivity index (χ2n) is 4.74. The van der Waals surface area contributed by atoms with Crippen molar-refractivity contribution in [1.29, 1.82) is 0 Å². The number of hydrogen-bond donors (Lipinski definition) is 2. The second-order valence-corrected chi connectivity index (χ2v) is 6.98. The summed E-state index contributed by atoms with van der Waals surface area (Å²) in [7, 11) is -3.19. The van der Waals surface area contributed by atoms with E-state index in [1.807, 2.05) is 5.32 Å². The number of anilines is 1. The number of halogens is 4. The van der Waals surface area contributed by atoms with Gasteiger partial charge in [-0.2, -0.15) is 13.8 Å². The van der Waals surface area contributed by atoms with E-state index in [-0.39, 0.29) is 11.0 Å². The monoisotopic (exact) mass is 457 g/mol. The molecular weight excluding hydrogens is 447 g/mol. The van der Waals surface area contributed by atoms with E-state index in [2.05, 4.69) is 14.8 Å². The van der Waals surface area contributed by atoms with Crippen molar-refractivity contribution in [3.63, 3.8) is 0 Å². The van der Waals surface area contributed by atoms with Gasteiger partial charge in [0, 0.05) is 7.05 Å². The fourth-order valence-electron chi connectivity index (χ4n) is 1.79. The van der Waals surface area contributed by atoms with E-state index in [0.717, 1.165) is 16.3 Å². The highest BCUT2D eigenvalue weighted by molar-refractivity contribution is 7.90. The van der Waals surface area contributed by atoms with Crippen molar-refractivity contribution in [2.45, 2.75) is 11.5 Å². The van der Waals surface area contributed by atoms with Crippen LogP contribution in [0.2, 0.25) is 0 Å². The zero-order valence-electron chi connectivity index (χ0n) is 13.8. The Labute approximate surface area is 167 Å². The molecule has 0 saturated carbocycles. The number of nitrogens with one attached hydrogen (secondary N) is 2. The minimum atomic E-state index is -4.42. The number of amides is 2. The van der Waals surface area contributed by atoms with Crippen LogP contribution in [0.1, 0.15) is 0 Å². The van der Waals surface area contributed by atoms with E-state index in [0.29, 0.717) is 0 Å². The number of hydrogen-bond acceptors (Lipinski definition) is 7. The molecule has 0 spiro atoms. The molecule has 2 N–H and O–H groups in total. The van der Waals surface area contributed by atoms with Gasteiger partial charge in [0.05, 0.1) is 5.54 Å². The van der Waals surface area contributed by atoms with E-state index in [4.69, 9.17) is 27.9 Å². The summed E-state index contributed by atoms with van der Waals surface area (Å²) in [5.74, 6) is -0.670. The van der Waals surface area contributed by atoms with Gasteiger partial charge in [-0.25, -0.2) is 22.6 Å². The van der Waals surface area contributed by atoms with Gasteiger partial charge in [-0.1, -0.05) is 23.7 Å². The van der Waals surface area contributed by atoms with Crippen LogP contribution in [0, 0.1) is 0 Å². The molecule has 0 aliphatic rings. The van der Waals surface area contributed by atoms with Crippen molar-refractivity contribution in [2.24, 2.45) is 7.05 Å². The third-order valence-electron chi connectivity index (χ3n) is 2.80. The van der Waals surface area contributed by atoms with Gasteiger partial charge in [-0.05, 0) is 23.7 Å². The maximum Gasteiger partial charge on any atom is 0.389 e. The molecule has 1 aromatic heterocycles. The van der Waals surface area contributed by atoms with Crippen LogP contribution in [0.5, 0.6) is 11.8 Å². The summed E-state index contributed by atoms with van der Waals surface area (Å²) >= 11 is 11.0. The summed E-state index contributed by atoms with van der Waals surface area (Å²) in [4.78, 5) is 15.0. The first-order valence-corrected chi connectivity index (χ1v) is 9.34. The van der Waals surface area contributed by atoms with E-state index >= 15 is 0 Å². The number of aromatic nitrogens is 3. The Morgan fingerprint density at radius 3 is 2.68 bits per heavy atom. The van der Waals surface area contributed by atoms with Gasteiger partial charge < -0.3 is 9.47 Å². The van der Waals surface area contributed by atoms with Crippen molar-refractivity contribution in [2.75, 3.05) is 5.32 Å². The summed E-state index contributed by atoms with van der Waals surface area (Å²) in [5.41, 5.74) is 0.872. The lowest BCUT2D eigenvalue weighted by Crippen LogP contribution is -2.34. The van der Waals surface area contributed by atoms with Gasteiger partial charge in [-0.15, -0.1) is 5.10 Å². The minimum absolute atomic E-state index is 0.201. The van der Waals surface area contributed by atoms with Gasteiger partial charge in [0.25, 0.3) is 16.0 Å². The Hall–Kier alpha value is -2.64. The molecule has 1 aromatic carbocycles. The van der Waals surface area contributed by atoms with Crippen LogP contribution < -0.4 is 19.5 Å². The first-order chi connectivity index (χ1) is 13.1. The maximum atomic E-state index is 12.4. The Kier molecular flexibility index (Phi) is 6.99. The van der Waals surface area contributed by atoms with Crippen molar-refractivity contribution in [1.82, 2.24) is 19.5 Å². The smallest absolute Gasteiger partial charge is 0.389 e. The highest BCUT2D eigenvalue weighted by atomic mass is 35.5. The van der Waals surface area contributed by atoms with Crippen LogP contribution in [0.3, 0.4) is 0 Å². The fourth-order valence-corrected chi connectivity index (χ4v) is 2.96. The van der Waals surface area contributed by atoms with E-state index in [1.165, 1.54) is 25.2 Å². The summed E-state index contributed by atoms with van der Waals surface area (Å²) in [6.07, 6.45) is 0. The quantitative estimate of drug-likeness (QED) is 0.612. The number of rotatable bonds is 7. The largest absolute Gasteiger partial charge is 0.443 e. The first kappa shape index (κ1) is 21.7. The molecule has 2 rings (SSSR count). The van der Waals surface area contributed by atoms with Crippen LogP contribution in [-0.2, 0) is 17.1 Å². The van der Waals surface area contributed by atoms with Crippen LogP contribution in [0.25, 0.3) is 0 Å². The van der Waals surface area contributed by atoms with Crippen molar-refractivity contribution >= 4 is 45.2 Å². The lowest BCUT2D eigenvalue weighted by Gasteiger charge is -2.11. The standard InChI is InChI=1S/C13H11Cl2F2N5O5S/c1-22-13(27-10(16)17)19-11(20-22)18-12(23)21-28(24,25)8-5-3-2-4-7(8)26-9(15)6-14/h2-6,10H,1H3,(H2,18,20,21,23)/b9-6+. The number of carbonyl (C=O) groups is 1. The van der Waals surface area contributed by atoms with E-state index in [1.54, 1.807) is 4.72 Å². The highest BCUT2D eigenvalue weighted by Gasteiger charge is 2.24. The molecule has 0 radical (unpaired) electrons. The molecule has 1 heterocycles. The predicted molar refractivity (Wildman–Crippen MR) is 93.8 cm³/mol. The minimum Gasteiger partial charge on any atom is -0.443 e. The highest BCUT2D eigenvalue weighted by Crippen LogP contribution is 2.26. The van der Waals surface area contributed by atoms with Crippen molar-refractivity contribution in [3.8, 4) is 11.8 Å². The average molecular weight is 458 g/mol. The Morgan fingerprint density at radius 2 is 2.04 bits per heavy atom. The first-order valence-electron chi connectivity index (χ1n) is 7.05. The van der Waals surface area contributed by atoms with Crippen molar-refractivity contribution in [3.05, 3.63) is 35.0 Å². The normalized spacial score (nSPS) is 12.0. The molecular formula is C13H11Cl2F2N5O5S. The number of nitrogens with zero attached hydrogens (tertiary/aromatic N) is 3. The van der Waals surface area contributed by atoms with Crippen LogP contribution in [-0.4, -0.2) is 35.8 Å². The number of alkyl halides is 2. The van der Waals surface area contributed by atoms with Gasteiger partial charge in [0.1, 0.15) is 10.6 Å². The molecule has 15 heteroatoms. The predicted octanol–water partition coefficient (Wildman–Crippen LogP) is 2.58. The number of sulfonamides is 1. The molecule has 152 valence electrons. The number of para-hydroxylation sites is 1. The molecule has 0 unspecified atom stereocenters. The number of benzene rings is 1. The van der Waals surface area contributed by atoms with Crippen molar-refractivity contribution < 1.29 is 31.5 Å². The molecule has 2 aromatic rings. The lowest BCUT2D eigenvalue weighted by molar-refractivity contribution is -0.0583. The van der Waals surface area contributed by atoms with Crippen LogP contribution >= 0.6 is 23.2 Å². The molecule has 0 atom stereocenters. The molecule has 10 nitrogen and oxygen atoms in total.